The lowest BCUT2D eigenvalue weighted by Gasteiger charge is -2.56. The number of rotatable bonds is 3. The molecule has 2 fully saturated rings. The van der Waals surface area contributed by atoms with Crippen molar-refractivity contribution in [2.45, 2.75) is 36.2 Å². The number of amides is 1. The Kier molecular flexibility index (Phi) is 5.48. The number of piperidine rings is 1. The third kappa shape index (κ3) is 3.55. The van der Waals surface area contributed by atoms with E-state index in [1.807, 2.05) is 42.5 Å². The summed E-state index contributed by atoms with van der Waals surface area (Å²) in [6.07, 6.45) is 0.861. The molecule has 1 heterocycles. The van der Waals surface area contributed by atoms with Gasteiger partial charge in [0, 0.05) is 18.4 Å². The van der Waals surface area contributed by atoms with Gasteiger partial charge in [-0.05, 0) is 36.1 Å². The normalized spacial score (nSPS) is 24.8. The Morgan fingerprint density at radius 3 is 2.47 bits per heavy atom. The number of likely N-dealkylation sites (tertiary alicyclic amines) is 1. The van der Waals surface area contributed by atoms with Crippen molar-refractivity contribution in [2.75, 3.05) is 6.54 Å². The molecule has 2 atom stereocenters. The molecule has 0 bridgehead atoms. The number of hydrogen-bond donors (Lipinski definition) is 0. The molecule has 1 amide bonds. The summed E-state index contributed by atoms with van der Waals surface area (Å²) in [5, 5.41) is 9.08. The minimum Gasteiger partial charge on any atom is -0.445 e. The van der Waals surface area contributed by atoms with E-state index in [4.69, 9.17) is 33.2 Å². The van der Waals surface area contributed by atoms with Crippen LogP contribution >= 0.6 is 23.2 Å². The highest BCUT2D eigenvalue weighted by atomic mass is 35.5. The van der Waals surface area contributed by atoms with Crippen molar-refractivity contribution in [3.63, 3.8) is 0 Å². The summed E-state index contributed by atoms with van der Waals surface area (Å²) in [6.45, 7) is 0.557. The predicted molar refractivity (Wildman–Crippen MR) is 113 cm³/mol. The molecular formula is C23H20Cl2N2O3. The van der Waals surface area contributed by atoms with Gasteiger partial charge in [0.25, 0.3) is 0 Å². The summed E-state index contributed by atoms with van der Waals surface area (Å²) in [4.78, 5) is 26.6. The van der Waals surface area contributed by atoms with Gasteiger partial charge in [0.15, 0.2) is 10.1 Å². The predicted octanol–water partition coefficient (Wildman–Crippen LogP) is 5.17. The van der Waals surface area contributed by atoms with Crippen molar-refractivity contribution in [1.82, 2.24) is 4.90 Å². The molecule has 0 aromatic heterocycles. The number of Topliss-reactive ketones (excluding diaryl/α,β-unsaturated/α-hetero) is 1. The van der Waals surface area contributed by atoms with Gasteiger partial charge in [-0.15, -0.1) is 0 Å². The first-order chi connectivity index (χ1) is 14.4. The molecule has 1 saturated carbocycles. The molecule has 2 aromatic rings. The average molecular weight is 443 g/mol. The first-order valence-corrected chi connectivity index (χ1v) is 10.5. The Bertz CT molecular complexity index is 1000. The Morgan fingerprint density at radius 2 is 1.87 bits per heavy atom. The second-order valence-corrected chi connectivity index (χ2v) is 9.22. The summed E-state index contributed by atoms with van der Waals surface area (Å²) in [5.74, 6) is -0.176. The summed E-state index contributed by atoms with van der Waals surface area (Å²) in [7, 11) is 0. The molecule has 30 heavy (non-hydrogen) atoms. The van der Waals surface area contributed by atoms with Crippen molar-refractivity contribution < 1.29 is 14.3 Å². The Balaban J connectivity index is 1.57. The zero-order valence-electron chi connectivity index (χ0n) is 16.2. The molecule has 4 rings (SSSR count). The molecule has 154 valence electrons. The van der Waals surface area contributed by atoms with Gasteiger partial charge in [0.2, 0.25) is 0 Å². The fourth-order valence-corrected chi connectivity index (χ4v) is 4.95. The number of halogens is 2. The fourth-order valence-electron chi connectivity index (χ4n) is 4.34. The summed E-state index contributed by atoms with van der Waals surface area (Å²) < 4.78 is 4.13. The molecule has 1 saturated heterocycles. The van der Waals surface area contributed by atoms with Gasteiger partial charge in [0.1, 0.15) is 6.61 Å². The number of benzene rings is 2. The van der Waals surface area contributed by atoms with Gasteiger partial charge >= 0.3 is 6.09 Å². The molecule has 1 spiro atoms. The van der Waals surface area contributed by atoms with E-state index in [2.05, 4.69) is 6.07 Å². The quantitative estimate of drug-likeness (QED) is 0.614. The number of nitrogens with zero attached hydrogens (tertiary/aromatic N) is 2. The van der Waals surface area contributed by atoms with Crippen LogP contribution in [0.5, 0.6) is 0 Å². The lowest BCUT2D eigenvalue weighted by atomic mass is 9.59. The van der Waals surface area contributed by atoms with Crippen LogP contribution in [0, 0.1) is 16.7 Å². The van der Waals surface area contributed by atoms with Crippen LogP contribution in [-0.2, 0) is 16.1 Å². The van der Waals surface area contributed by atoms with Crippen molar-refractivity contribution in [3.05, 3.63) is 71.3 Å². The number of hydrogen-bond acceptors (Lipinski definition) is 4. The number of carbonyl (C=O) groups excluding carboxylic acids is 2. The first-order valence-electron chi connectivity index (χ1n) is 9.75. The van der Waals surface area contributed by atoms with Crippen LogP contribution in [0.2, 0.25) is 0 Å². The lowest BCUT2D eigenvalue weighted by Crippen LogP contribution is -2.62. The maximum Gasteiger partial charge on any atom is 0.410 e. The van der Waals surface area contributed by atoms with Gasteiger partial charge in [-0.25, -0.2) is 4.79 Å². The molecule has 0 N–H and O–H groups in total. The molecule has 5 nitrogen and oxygen atoms in total. The minimum absolute atomic E-state index is 0.175. The van der Waals surface area contributed by atoms with Crippen LogP contribution in [0.15, 0.2) is 54.6 Å². The maximum absolute atomic E-state index is 12.9. The van der Waals surface area contributed by atoms with E-state index >= 15 is 0 Å². The first kappa shape index (κ1) is 20.7. The largest absolute Gasteiger partial charge is 0.445 e. The van der Waals surface area contributed by atoms with Crippen LogP contribution < -0.4 is 0 Å². The maximum atomic E-state index is 12.9. The summed E-state index contributed by atoms with van der Waals surface area (Å²) in [6, 6.07) is 18.3. The highest BCUT2D eigenvalue weighted by molar-refractivity contribution is 6.61. The smallest absolute Gasteiger partial charge is 0.410 e. The van der Waals surface area contributed by atoms with Gasteiger partial charge in [-0.1, -0.05) is 65.7 Å². The number of ketones is 1. The fraction of sp³-hybridized carbons (Fsp3) is 0.348. The Hall–Kier alpha value is -2.55. The number of alkyl halides is 2. The van der Waals surface area contributed by atoms with E-state index < -0.39 is 15.8 Å². The zero-order valence-corrected chi connectivity index (χ0v) is 17.7. The van der Waals surface area contributed by atoms with Gasteiger partial charge in [-0.3, -0.25) is 4.79 Å². The molecule has 1 aliphatic heterocycles. The van der Waals surface area contributed by atoms with E-state index in [1.54, 1.807) is 17.0 Å². The zero-order chi connectivity index (χ0) is 21.4. The SMILES string of the molecule is N#Cc1ccc([C@@H]2CC3(CCN2C(=O)OCc2ccccc2)CC(=O)C3(Cl)Cl)cc1. The van der Waals surface area contributed by atoms with E-state index in [1.165, 1.54) is 0 Å². The van der Waals surface area contributed by atoms with Gasteiger partial charge in [0.05, 0.1) is 17.7 Å². The molecule has 1 aliphatic carbocycles. The average Bonchev–Trinajstić information content (AvgIpc) is 2.78. The van der Waals surface area contributed by atoms with Crippen molar-refractivity contribution in [2.24, 2.45) is 5.41 Å². The van der Waals surface area contributed by atoms with Crippen molar-refractivity contribution in [1.29, 1.82) is 5.26 Å². The summed E-state index contributed by atoms with van der Waals surface area (Å²) >= 11 is 12.8. The molecular weight excluding hydrogens is 423 g/mol. The van der Waals surface area contributed by atoms with E-state index in [-0.39, 0.29) is 18.4 Å². The number of nitriles is 1. The second-order valence-electron chi connectivity index (χ2n) is 7.89. The third-order valence-corrected chi connectivity index (χ3v) is 7.39. The van der Waals surface area contributed by atoms with Gasteiger partial charge < -0.3 is 9.64 Å². The molecule has 0 radical (unpaired) electrons. The lowest BCUT2D eigenvalue weighted by molar-refractivity contribution is -0.139. The molecule has 7 heteroatoms. The van der Waals surface area contributed by atoms with Crippen molar-refractivity contribution in [3.8, 4) is 6.07 Å². The second kappa shape index (κ2) is 7.94. The minimum atomic E-state index is -1.43. The van der Waals surface area contributed by atoms with E-state index in [0.29, 0.717) is 31.4 Å². The monoisotopic (exact) mass is 442 g/mol. The van der Waals surface area contributed by atoms with Crippen LogP contribution in [0.1, 0.15) is 42.0 Å². The van der Waals surface area contributed by atoms with Crippen LogP contribution in [0.25, 0.3) is 0 Å². The highest BCUT2D eigenvalue weighted by Crippen LogP contribution is 2.62. The third-order valence-electron chi connectivity index (χ3n) is 6.17. The molecule has 2 aliphatic rings. The number of carbonyl (C=O) groups is 2. The topological polar surface area (TPSA) is 70.4 Å². The summed E-state index contributed by atoms with van der Waals surface area (Å²) in [5.41, 5.74) is 1.72. The van der Waals surface area contributed by atoms with E-state index in [0.717, 1.165) is 11.1 Å². The van der Waals surface area contributed by atoms with Gasteiger partial charge in [-0.2, -0.15) is 5.26 Å². The molecule has 1 unspecified atom stereocenters. The Labute approximate surface area is 185 Å². The van der Waals surface area contributed by atoms with Crippen LogP contribution in [0.4, 0.5) is 4.79 Å². The highest BCUT2D eigenvalue weighted by Gasteiger charge is 2.66. The van der Waals surface area contributed by atoms with Crippen LogP contribution in [0.3, 0.4) is 0 Å². The van der Waals surface area contributed by atoms with Crippen LogP contribution in [-0.4, -0.2) is 27.7 Å². The van der Waals surface area contributed by atoms with Crippen molar-refractivity contribution >= 4 is 35.1 Å². The standard InChI is InChI=1S/C23H20Cl2N2O3/c24-23(25)20(28)13-22(23)10-11-27(21(29)30-15-17-4-2-1-3-5-17)19(12-22)18-8-6-16(14-26)7-9-18/h1-9,19H,10-13,15H2/t19-,22?/m0/s1. The molecule has 2 aromatic carbocycles. The Morgan fingerprint density at radius 1 is 1.17 bits per heavy atom. The van der Waals surface area contributed by atoms with E-state index in [9.17, 15) is 9.59 Å². The number of ether oxygens (including phenoxy) is 1.